The number of rotatable bonds is 3. The maximum absolute atomic E-state index is 13.0. The molecule has 1 aromatic carbocycles. The number of thioether (sulfide) groups is 1. The fraction of sp³-hybridized carbons (Fsp3) is 0.100. The minimum absolute atomic E-state index is 0.324. The molecule has 78 valence electrons. The van der Waals surface area contributed by atoms with Gasteiger partial charge in [-0.25, -0.2) is 4.39 Å². The first kappa shape index (κ1) is 10.0. The smallest absolute Gasteiger partial charge is 0.146 e. The van der Waals surface area contributed by atoms with Crippen molar-refractivity contribution in [2.24, 2.45) is 0 Å². The van der Waals surface area contributed by atoms with Gasteiger partial charge in [0.25, 0.3) is 0 Å². The van der Waals surface area contributed by atoms with Gasteiger partial charge in [0.1, 0.15) is 11.6 Å². The van der Waals surface area contributed by atoms with Crippen molar-refractivity contribution in [3.8, 4) is 0 Å². The summed E-state index contributed by atoms with van der Waals surface area (Å²) in [5.74, 6) is 1.04. The maximum Gasteiger partial charge on any atom is 0.146 e. The Kier molecular flexibility index (Phi) is 2.91. The van der Waals surface area contributed by atoms with Crippen LogP contribution in [0.2, 0.25) is 0 Å². The first-order valence-electron chi connectivity index (χ1n) is 4.32. The lowest BCUT2D eigenvalue weighted by atomic mass is 10.3. The van der Waals surface area contributed by atoms with Crippen LogP contribution in [0.4, 0.5) is 10.1 Å². The number of hydrogen-bond donors (Lipinski definition) is 1. The monoisotopic (exact) mass is 224 g/mol. The van der Waals surface area contributed by atoms with E-state index in [1.807, 2.05) is 0 Å². The van der Waals surface area contributed by atoms with Gasteiger partial charge in [0.2, 0.25) is 0 Å². The first-order valence-corrected chi connectivity index (χ1v) is 5.31. The molecule has 2 rings (SSSR count). The molecule has 0 aliphatic rings. The zero-order valence-electron chi connectivity index (χ0n) is 7.81. The van der Waals surface area contributed by atoms with Gasteiger partial charge in [0, 0.05) is 16.6 Å². The van der Waals surface area contributed by atoms with Crippen LogP contribution in [0.25, 0.3) is 0 Å². The molecule has 0 saturated carbocycles. The highest BCUT2D eigenvalue weighted by Gasteiger charge is 2.02. The third-order valence-corrected chi connectivity index (χ3v) is 2.76. The second-order valence-electron chi connectivity index (χ2n) is 2.99. The van der Waals surface area contributed by atoms with E-state index in [0.717, 1.165) is 10.7 Å². The molecule has 0 spiro atoms. The summed E-state index contributed by atoms with van der Waals surface area (Å²) in [5, 5.41) is 3.58. The predicted octanol–water partition coefficient (Wildman–Crippen LogP) is 2.69. The zero-order chi connectivity index (χ0) is 10.7. The van der Waals surface area contributed by atoms with Gasteiger partial charge in [0.15, 0.2) is 0 Å². The third kappa shape index (κ3) is 2.73. The molecule has 5 heteroatoms. The predicted molar refractivity (Wildman–Crippen MR) is 56.9 cm³/mol. The molecule has 0 aliphatic carbocycles. The van der Waals surface area contributed by atoms with Crippen molar-refractivity contribution >= 4 is 17.4 Å². The van der Waals surface area contributed by atoms with Crippen LogP contribution in [0.15, 0.2) is 39.9 Å². The van der Waals surface area contributed by atoms with Crippen LogP contribution in [0.5, 0.6) is 0 Å². The molecule has 2 aromatic rings. The summed E-state index contributed by atoms with van der Waals surface area (Å²) in [7, 11) is 0. The molecule has 1 aromatic heterocycles. The van der Waals surface area contributed by atoms with E-state index >= 15 is 0 Å². The van der Waals surface area contributed by atoms with Crippen molar-refractivity contribution in [3.63, 3.8) is 0 Å². The van der Waals surface area contributed by atoms with Crippen LogP contribution >= 0.6 is 11.8 Å². The SMILES string of the molecule is Nc1cc(F)cc(SCc2ccno2)c1. The second-order valence-corrected chi connectivity index (χ2v) is 4.04. The van der Waals surface area contributed by atoms with Crippen molar-refractivity contribution in [1.82, 2.24) is 5.16 Å². The second kappa shape index (κ2) is 4.35. The highest BCUT2D eigenvalue weighted by atomic mass is 32.2. The fourth-order valence-corrected chi connectivity index (χ4v) is 2.01. The Bertz CT molecular complexity index is 424. The minimum Gasteiger partial charge on any atom is -0.399 e. The van der Waals surface area contributed by atoms with Crippen LogP contribution in [-0.4, -0.2) is 5.16 Å². The van der Waals surface area contributed by atoms with E-state index in [9.17, 15) is 4.39 Å². The molecule has 3 nitrogen and oxygen atoms in total. The lowest BCUT2D eigenvalue weighted by molar-refractivity contribution is 0.395. The maximum atomic E-state index is 13.0. The van der Waals surface area contributed by atoms with Gasteiger partial charge in [-0.2, -0.15) is 0 Å². The third-order valence-electron chi connectivity index (χ3n) is 1.77. The largest absolute Gasteiger partial charge is 0.399 e. The average molecular weight is 224 g/mol. The minimum atomic E-state index is -0.324. The fourth-order valence-electron chi connectivity index (χ4n) is 1.14. The molecule has 15 heavy (non-hydrogen) atoms. The molecule has 0 atom stereocenters. The Labute approximate surface area is 90.4 Å². The van der Waals surface area contributed by atoms with E-state index < -0.39 is 0 Å². The summed E-state index contributed by atoms with van der Waals surface area (Å²) in [6.07, 6.45) is 1.58. The summed E-state index contributed by atoms with van der Waals surface area (Å²) in [6.45, 7) is 0. The molecule has 0 fully saturated rings. The normalized spacial score (nSPS) is 10.5. The highest BCUT2D eigenvalue weighted by Crippen LogP contribution is 2.25. The molecule has 0 amide bonds. The van der Waals surface area contributed by atoms with Gasteiger partial charge in [-0.3, -0.25) is 0 Å². The Hall–Kier alpha value is -1.49. The summed E-state index contributed by atoms with van der Waals surface area (Å²) in [5.41, 5.74) is 5.95. The molecular formula is C10H9FN2OS. The van der Waals surface area contributed by atoms with Gasteiger partial charge in [-0.05, 0) is 18.2 Å². The number of anilines is 1. The van der Waals surface area contributed by atoms with E-state index in [0.29, 0.717) is 11.4 Å². The molecule has 0 unspecified atom stereocenters. The molecule has 2 N–H and O–H groups in total. The average Bonchev–Trinajstić information content (AvgIpc) is 2.65. The van der Waals surface area contributed by atoms with Gasteiger partial charge in [0.05, 0.1) is 11.9 Å². The van der Waals surface area contributed by atoms with Crippen LogP contribution in [-0.2, 0) is 5.75 Å². The Balaban J connectivity index is 2.05. The molecule has 1 heterocycles. The topological polar surface area (TPSA) is 52.0 Å². The van der Waals surface area contributed by atoms with Gasteiger partial charge < -0.3 is 10.3 Å². The molecule has 0 aliphatic heterocycles. The standard InChI is InChI=1S/C10H9FN2OS/c11-7-3-8(12)5-10(4-7)15-6-9-1-2-13-14-9/h1-5H,6,12H2. The van der Waals surface area contributed by atoms with Crippen LogP contribution in [0.3, 0.4) is 0 Å². The number of benzene rings is 1. The summed E-state index contributed by atoms with van der Waals surface area (Å²) < 4.78 is 17.9. The van der Waals surface area contributed by atoms with Crippen molar-refractivity contribution in [3.05, 3.63) is 42.0 Å². The van der Waals surface area contributed by atoms with Crippen molar-refractivity contribution in [2.75, 3.05) is 5.73 Å². The molecule has 0 radical (unpaired) electrons. The van der Waals surface area contributed by atoms with E-state index in [1.54, 1.807) is 18.3 Å². The lowest BCUT2D eigenvalue weighted by Gasteiger charge is -2.01. The highest BCUT2D eigenvalue weighted by molar-refractivity contribution is 7.98. The zero-order valence-corrected chi connectivity index (χ0v) is 8.63. The summed E-state index contributed by atoms with van der Waals surface area (Å²) >= 11 is 1.45. The Morgan fingerprint density at radius 2 is 2.27 bits per heavy atom. The van der Waals surface area contributed by atoms with Crippen molar-refractivity contribution in [2.45, 2.75) is 10.6 Å². The first-order chi connectivity index (χ1) is 7.24. The van der Waals surface area contributed by atoms with Gasteiger partial charge >= 0.3 is 0 Å². The number of aromatic nitrogens is 1. The lowest BCUT2D eigenvalue weighted by Crippen LogP contribution is -1.87. The quantitative estimate of drug-likeness (QED) is 0.643. The number of hydrogen-bond acceptors (Lipinski definition) is 4. The Morgan fingerprint density at radius 1 is 1.40 bits per heavy atom. The number of halogens is 1. The summed E-state index contributed by atoms with van der Waals surface area (Å²) in [4.78, 5) is 0.781. The Morgan fingerprint density at radius 3 is 2.93 bits per heavy atom. The van der Waals surface area contributed by atoms with E-state index in [1.165, 1.54) is 23.9 Å². The van der Waals surface area contributed by atoms with Crippen LogP contribution < -0.4 is 5.73 Å². The number of nitrogen functional groups attached to an aromatic ring is 1. The van der Waals surface area contributed by atoms with E-state index in [-0.39, 0.29) is 5.82 Å². The number of nitrogens with zero attached hydrogens (tertiary/aromatic N) is 1. The van der Waals surface area contributed by atoms with Gasteiger partial charge in [-0.15, -0.1) is 11.8 Å². The van der Waals surface area contributed by atoms with E-state index in [2.05, 4.69) is 5.16 Å². The van der Waals surface area contributed by atoms with E-state index in [4.69, 9.17) is 10.3 Å². The van der Waals surface area contributed by atoms with Crippen LogP contribution in [0, 0.1) is 5.82 Å². The van der Waals surface area contributed by atoms with Crippen molar-refractivity contribution < 1.29 is 8.91 Å². The summed E-state index contributed by atoms with van der Waals surface area (Å²) in [6, 6.07) is 6.23. The molecular weight excluding hydrogens is 215 g/mol. The van der Waals surface area contributed by atoms with Crippen LogP contribution in [0.1, 0.15) is 5.76 Å². The van der Waals surface area contributed by atoms with Gasteiger partial charge in [-0.1, -0.05) is 5.16 Å². The van der Waals surface area contributed by atoms with Crippen molar-refractivity contribution in [1.29, 1.82) is 0 Å². The molecule has 0 saturated heterocycles. The number of nitrogens with two attached hydrogens (primary N) is 1. The molecule has 0 bridgehead atoms.